The van der Waals surface area contributed by atoms with Crippen molar-refractivity contribution < 1.29 is 14.6 Å². The summed E-state index contributed by atoms with van der Waals surface area (Å²) < 4.78 is 8.22. The Labute approximate surface area is 235 Å². The van der Waals surface area contributed by atoms with Crippen molar-refractivity contribution in [3.8, 4) is 28.4 Å². The topological polar surface area (TPSA) is 77.2 Å². The van der Waals surface area contributed by atoms with Gasteiger partial charge in [-0.2, -0.15) is 0 Å². The Hall–Kier alpha value is -4.45. The van der Waals surface area contributed by atoms with Crippen LogP contribution >= 0.6 is 0 Å². The molecule has 0 amide bonds. The number of aromatic nitrogens is 3. The van der Waals surface area contributed by atoms with Gasteiger partial charge in [0.05, 0.1) is 17.6 Å². The summed E-state index contributed by atoms with van der Waals surface area (Å²) in [5, 5.41) is 9.51. The number of carboxylic acid groups (broad SMARTS) is 1. The molecule has 2 heterocycles. The van der Waals surface area contributed by atoms with Gasteiger partial charge in [-0.25, -0.2) is 14.8 Å². The van der Waals surface area contributed by atoms with Crippen molar-refractivity contribution in [3.05, 3.63) is 102 Å². The predicted octanol–water partition coefficient (Wildman–Crippen LogP) is 8.25. The van der Waals surface area contributed by atoms with Crippen LogP contribution in [0.5, 0.6) is 5.75 Å². The molecule has 204 valence electrons. The molecule has 0 atom stereocenters. The summed E-state index contributed by atoms with van der Waals surface area (Å²) in [6, 6.07) is 29.8. The van der Waals surface area contributed by atoms with Crippen molar-refractivity contribution in [1.82, 2.24) is 14.5 Å². The molecule has 0 spiro atoms. The number of hydrogen-bond donors (Lipinski definition) is 1. The van der Waals surface area contributed by atoms with E-state index < -0.39 is 5.97 Å². The first-order valence-electron chi connectivity index (χ1n) is 14.1. The summed E-state index contributed by atoms with van der Waals surface area (Å²) in [5.41, 5.74) is 5.67. The molecule has 0 unspecified atom stereocenters. The Morgan fingerprint density at radius 2 is 1.55 bits per heavy atom. The summed E-state index contributed by atoms with van der Waals surface area (Å²) in [5.74, 6) is 0.366. The van der Waals surface area contributed by atoms with Gasteiger partial charge in [0, 0.05) is 12.6 Å². The zero-order chi connectivity index (χ0) is 27.7. The van der Waals surface area contributed by atoms with Crippen LogP contribution in [0.25, 0.3) is 33.7 Å². The quantitative estimate of drug-likeness (QED) is 0.154. The van der Waals surface area contributed by atoms with Gasteiger partial charge in [-0.3, -0.25) is 0 Å². The number of carboxylic acids is 1. The third kappa shape index (κ3) is 6.57. The van der Waals surface area contributed by atoms with E-state index in [0.29, 0.717) is 24.7 Å². The molecule has 0 saturated carbocycles. The Bertz CT molecular complexity index is 1560. The van der Waals surface area contributed by atoms with Crippen molar-refractivity contribution in [2.75, 3.05) is 6.61 Å². The van der Waals surface area contributed by atoms with E-state index >= 15 is 0 Å². The van der Waals surface area contributed by atoms with Crippen LogP contribution in [-0.2, 0) is 6.54 Å². The summed E-state index contributed by atoms with van der Waals surface area (Å²) in [7, 11) is 0. The van der Waals surface area contributed by atoms with Crippen LogP contribution in [-0.4, -0.2) is 32.2 Å². The lowest BCUT2D eigenvalue weighted by molar-refractivity contribution is 0.0690. The summed E-state index contributed by atoms with van der Waals surface area (Å²) in [6.07, 6.45) is 7.29. The Kier molecular flexibility index (Phi) is 8.86. The van der Waals surface area contributed by atoms with Crippen molar-refractivity contribution in [2.45, 2.75) is 52.0 Å². The number of benzene rings is 3. The highest BCUT2D eigenvalue weighted by molar-refractivity contribution is 5.86. The van der Waals surface area contributed by atoms with Crippen LogP contribution in [0.2, 0.25) is 0 Å². The van der Waals surface area contributed by atoms with Gasteiger partial charge >= 0.3 is 5.97 Å². The smallest absolute Gasteiger partial charge is 0.354 e. The predicted molar refractivity (Wildman–Crippen MR) is 160 cm³/mol. The van der Waals surface area contributed by atoms with Gasteiger partial charge in [0.2, 0.25) is 0 Å². The SMILES string of the molecule is CCCCCCCCOc1ccc2nc(-c3cccc(C(=O)O)n3)n(Cc3ccc(-c4ccccc4)cc3)c2c1. The van der Waals surface area contributed by atoms with Crippen LogP contribution in [0, 0.1) is 0 Å². The molecule has 6 nitrogen and oxygen atoms in total. The van der Waals surface area contributed by atoms with Crippen molar-refractivity contribution in [3.63, 3.8) is 0 Å². The number of unbranched alkanes of at least 4 members (excludes halogenated alkanes) is 5. The molecule has 6 heteroatoms. The fourth-order valence-electron chi connectivity index (χ4n) is 4.91. The highest BCUT2D eigenvalue weighted by Gasteiger charge is 2.17. The number of nitrogens with zero attached hydrogens (tertiary/aromatic N) is 3. The van der Waals surface area contributed by atoms with Crippen molar-refractivity contribution in [1.29, 1.82) is 0 Å². The van der Waals surface area contributed by atoms with Crippen molar-refractivity contribution >= 4 is 17.0 Å². The summed E-state index contributed by atoms with van der Waals surface area (Å²) >= 11 is 0. The van der Waals surface area contributed by atoms with Crippen LogP contribution < -0.4 is 4.74 Å². The largest absolute Gasteiger partial charge is 0.494 e. The average Bonchev–Trinajstić information content (AvgIpc) is 3.35. The van der Waals surface area contributed by atoms with Gasteiger partial charge in [0.15, 0.2) is 5.82 Å². The first-order valence-corrected chi connectivity index (χ1v) is 14.1. The van der Waals surface area contributed by atoms with E-state index in [-0.39, 0.29) is 5.69 Å². The molecule has 3 aromatic carbocycles. The molecule has 2 aromatic heterocycles. The monoisotopic (exact) mass is 533 g/mol. The van der Waals surface area contributed by atoms with Gasteiger partial charge in [0.1, 0.15) is 17.1 Å². The Morgan fingerprint density at radius 3 is 2.33 bits per heavy atom. The number of aromatic carboxylic acids is 1. The Morgan fingerprint density at radius 1 is 0.800 bits per heavy atom. The second-order valence-electron chi connectivity index (χ2n) is 10.1. The number of pyridine rings is 1. The zero-order valence-electron chi connectivity index (χ0n) is 22.9. The van der Waals surface area contributed by atoms with Crippen LogP contribution in [0.3, 0.4) is 0 Å². The first kappa shape index (κ1) is 27.1. The standard InChI is InChI=1S/C34H35N3O3/c1-2-3-4-5-6-10-22-40-28-20-21-29-32(23-28)37(33(36-29)30-14-11-15-31(35-30)34(38)39)24-25-16-18-27(19-17-25)26-12-8-7-9-13-26/h7-9,11-21,23H,2-6,10,22,24H2,1H3,(H,38,39). The normalized spacial score (nSPS) is 11.1. The fourth-order valence-corrected chi connectivity index (χ4v) is 4.91. The molecule has 0 aliphatic heterocycles. The maximum atomic E-state index is 11.6. The van der Waals surface area contributed by atoms with Gasteiger partial charge in [0.25, 0.3) is 0 Å². The van der Waals surface area contributed by atoms with Crippen LogP contribution in [0.4, 0.5) is 0 Å². The van der Waals surface area contributed by atoms with E-state index in [1.807, 2.05) is 36.4 Å². The van der Waals surface area contributed by atoms with E-state index in [1.54, 1.807) is 12.1 Å². The number of fused-ring (bicyclic) bond motifs is 1. The van der Waals surface area contributed by atoms with Crippen molar-refractivity contribution in [2.24, 2.45) is 0 Å². The minimum Gasteiger partial charge on any atom is -0.494 e. The minimum atomic E-state index is -1.06. The number of hydrogen-bond acceptors (Lipinski definition) is 4. The average molecular weight is 534 g/mol. The van der Waals surface area contributed by atoms with E-state index in [0.717, 1.165) is 34.3 Å². The molecule has 0 aliphatic rings. The third-order valence-corrected chi connectivity index (χ3v) is 7.09. The highest BCUT2D eigenvalue weighted by atomic mass is 16.5. The second kappa shape index (κ2) is 13.1. The van der Waals surface area contributed by atoms with Gasteiger partial charge in [-0.15, -0.1) is 0 Å². The van der Waals surface area contributed by atoms with Crippen LogP contribution in [0.1, 0.15) is 61.5 Å². The number of carbonyl (C=O) groups is 1. The fraction of sp³-hybridized carbons (Fsp3) is 0.265. The number of rotatable bonds is 13. The lowest BCUT2D eigenvalue weighted by Gasteiger charge is -2.12. The highest BCUT2D eigenvalue weighted by Crippen LogP contribution is 2.29. The minimum absolute atomic E-state index is 0.00807. The lowest BCUT2D eigenvalue weighted by Crippen LogP contribution is -2.06. The molecule has 0 aliphatic carbocycles. The number of imidazole rings is 1. The molecule has 0 bridgehead atoms. The molecule has 0 radical (unpaired) electrons. The maximum absolute atomic E-state index is 11.6. The molecular weight excluding hydrogens is 498 g/mol. The molecular formula is C34H35N3O3. The third-order valence-electron chi connectivity index (χ3n) is 7.09. The molecule has 1 N–H and O–H groups in total. The molecule has 5 rings (SSSR count). The molecule has 40 heavy (non-hydrogen) atoms. The molecule has 0 fully saturated rings. The summed E-state index contributed by atoms with van der Waals surface area (Å²) in [4.78, 5) is 20.9. The van der Waals surface area contributed by atoms with E-state index in [4.69, 9.17) is 9.72 Å². The molecule has 0 saturated heterocycles. The van der Waals surface area contributed by atoms with Gasteiger partial charge in [-0.05, 0) is 47.4 Å². The van der Waals surface area contributed by atoms with Gasteiger partial charge in [-0.1, -0.05) is 99.7 Å². The van der Waals surface area contributed by atoms with E-state index in [2.05, 4.69) is 52.9 Å². The van der Waals surface area contributed by atoms with E-state index in [9.17, 15) is 9.90 Å². The zero-order valence-corrected chi connectivity index (χ0v) is 22.9. The molecule has 5 aromatic rings. The number of ether oxygens (including phenoxy) is 1. The summed E-state index contributed by atoms with van der Waals surface area (Å²) in [6.45, 7) is 3.47. The van der Waals surface area contributed by atoms with E-state index in [1.165, 1.54) is 43.7 Å². The lowest BCUT2D eigenvalue weighted by atomic mass is 10.0. The van der Waals surface area contributed by atoms with Gasteiger partial charge < -0.3 is 14.4 Å². The first-order chi connectivity index (χ1) is 19.6. The Balaban J connectivity index is 1.44. The maximum Gasteiger partial charge on any atom is 0.354 e. The second-order valence-corrected chi connectivity index (χ2v) is 10.1. The van der Waals surface area contributed by atoms with Crippen LogP contribution in [0.15, 0.2) is 91.0 Å².